The average molecular weight is 434 g/mol. The molecule has 0 bridgehead atoms. The predicted octanol–water partition coefficient (Wildman–Crippen LogP) is 2.15. The number of hydrogen-bond acceptors (Lipinski definition) is 5. The van der Waals surface area contributed by atoms with E-state index < -0.39 is 10.0 Å². The number of nitrogens with zero attached hydrogens (tertiary/aromatic N) is 1. The Balaban J connectivity index is 0.00000392. The van der Waals surface area contributed by atoms with Crippen LogP contribution in [0.4, 0.5) is 0 Å². The van der Waals surface area contributed by atoms with E-state index in [1.165, 1.54) is 11.4 Å². The summed E-state index contributed by atoms with van der Waals surface area (Å²) in [4.78, 5) is 12.9. The van der Waals surface area contributed by atoms with Crippen LogP contribution in [0.5, 0.6) is 5.75 Å². The van der Waals surface area contributed by atoms with Gasteiger partial charge < -0.3 is 15.8 Å². The van der Waals surface area contributed by atoms with Crippen molar-refractivity contribution in [2.24, 2.45) is 11.7 Å². The summed E-state index contributed by atoms with van der Waals surface area (Å²) in [6, 6.07) is 6.36. The number of carbonyl (C=O) groups excluding carboxylic acids is 1. The minimum absolute atomic E-state index is 0. The third-order valence-electron chi connectivity index (χ3n) is 5.65. The van der Waals surface area contributed by atoms with E-state index in [-0.39, 0.29) is 34.7 Å². The van der Waals surface area contributed by atoms with Crippen LogP contribution in [-0.4, -0.2) is 50.9 Å². The second kappa shape index (κ2) is 10.4. The van der Waals surface area contributed by atoms with Crippen molar-refractivity contribution in [2.45, 2.75) is 50.0 Å². The molecule has 9 heteroatoms. The van der Waals surface area contributed by atoms with Gasteiger partial charge in [0.15, 0.2) is 0 Å². The minimum atomic E-state index is -3.56. The Labute approximate surface area is 174 Å². The van der Waals surface area contributed by atoms with Crippen LogP contribution in [0.25, 0.3) is 0 Å². The first-order chi connectivity index (χ1) is 12.8. The highest BCUT2D eigenvalue weighted by atomic mass is 35.5. The van der Waals surface area contributed by atoms with E-state index in [0.717, 1.165) is 12.8 Å². The number of ether oxygens (including phenoxy) is 1. The number of benzene rings is 1. The molecule has 1 fully saturated rings. The fourth-order valence-corrected chi connectivity index (χ4v) is 4.85. The second-order valence-corrected chi connectivity index (χ2v) is 8.97. The monoisotopic (exact) mass is 433 g/mol. The quantitative estimate of drug-likeness (QED) is 0.654. The van der Waals surface area contributed by atoms with Crippen LogP contribution in [0.1, 0.15) is 39.5 Å². The molecule has 0 saturated carbocycles. The van der Waals surface area contributed by atoms with E-state index in [0.29, 0.717) is 38.2 Å². The molecule has 3 N–H and O–H groups in total. The zero-order valence-corrected chi connectivity index (χ0v) is 18.4. The molecule has 0 spiro atoms. The van der Waals surface area contributed by atoms with Crippen LogP contribution in [0, 0.1) is 5.92 Å². The van der Waals surface area contributed by atoms with Gasteiger partial charge in [-0.25, -0.2) is 8.42 Å². The van der Waals surface area contributed by atoms with Gasteiger partial charge in [-0.3, -0.25) is 4.79 Å². The summed E-state index contributed by atoms with van der Waals surface area (Å²) in [6.07, 6.45) is 2.57. The van der Waals surface area contributed by atoms with Crippen molar-refractivity contribution in [3.63, 3.8) is 0 Å². The summed E-state index contributed by atoms with van der Waals surface area (Å²) in [7, 11) is -2.02. The van der Waals surface area contributed by atoms with Crippen molar-refractivity contribution in [3.8, 4) is 5.75 Å². The van der Waals surface area contributed by atoms with E-state index in [9.17, 15) is 13.2 Å². The molecule has 0 atom stereocenters. The zero-order valence-electron chi connectivity index (χ0n) is 16.8. The lowest BCUT2D eigenvalue weighted by atomic mass is 9.90. The number of piperidine rings is 1. The summed E-state index contributed by atoms with van der Waals surface area (Å²) >= 11 is 0. The lowest BCUT2D eigenvalue weighted by Gasteiger charge is -2.35. The van der Waals surface area contributed by atoms with Gasteiger partial charge in [0.05, 0.1) is 17.5 Å². The molecule has 1 aromatic carbocycles. The highest BCUT2D eigenvalue weighted by Gasteiger charge is 2.35. The summed E-state index contributed by atoms with van der Waals surface area (Å²) in [6.45, 7) is 5.10. The molecule has 1 aliphatic rings. The third-order valence-corrected chi connectivity index (χ3v) is 7.57. The lowest BCUT2D eigenvalue weighted by molar-refractivity contribution is -0.128. The SMILES string of the molecule is CCC(CC)(CN)NC(=O)C1CCN(S(=O)(=O)c2ccc(OC)cc2)CC1.Cl. The number of rotatable bonds is 8. The van der Waals surface area contributed by atoms with Gasteiger partial charge in [-0.15, -0.1) is 12.4 Å². The topological polar surface area (TPSA) is 102 Å². The van der Waals surface area contributed by atoms with E-state index >= 15 is 0 Å². The van der Waals surface area contributed by atoms with Gasteiger partial charge in [0, 0.05) is 25.6 Å². The molecule has 1 amide bonds. The van der Waals surface area contributed by atoms with Gasteiger partial charge in [0.2, 0.25) is 15.9 Å². The lowest BCUT2D eigenvalue weighted by Crippen LogP contribution is -2.55. The van der Waals surface area contributed by atoms with Gasteiger partial charge >= 0.3 is 0 Å². The number of methoxy groups -OCH3 is 1. The largest absolute Gasteiger partial charge is 0.497 e. The van der Waals surface area contributed by atoms with Crippen molar-refractivity contribution in [2.75, 3.05) is 26.7 Å². The Kier molecular flexibility index (Phi) is 9.20. The second-order valence-electron chi connectivity index (χ2n) is 7.03. The summed E-state index contributed by atoms with van der Waals surface area (Å²) < 4.78 is 32.1. The number of amides is 1. The van der Waals surface area contributed by atoms with Crippen LogP contribution >= 0.6 is 12.4 Å². The Hall–Kier alpha value is -1.35. The molecule has 1 heterocycles. The molecule has 0 aliphatic carbocycles. The fourth-order valence-electron chi connectivity index (χ4n) is 3.39. The molecule has 28 heavy (non-hydrogen) atoms. The first-order valence-electron chi connectivity index (χ1n) is 9.48. The molecule has 1 aliphatic heterocycles. The molecule has 0 radical (unpaired) electrons. The third kappa shape index (κ3) is 5.37. The average Bonchev–Trinajstić information content (AvgIpc) is 2.72. The zero-order chi connectivity index (χ0) is 20.1. The predicted molar refractivity (Wildman–Crippen MR) is 112 cm³/mol. The van der Waals surface area contributed by atoms with Gasteiger partial charge in [-0.2, -0.15) is 4.31 Å². The van der Waals surface area contributed by atoms with Gasteiger partial charge in [0.1, 0.15) is 5.75 Å². The molecular weight excluding hydrogens is 402 g/mol. The Morgan fingerprint density at radius 2 is 1.75 bits per heavy atom. The number of sulfonamides is 1. The molecule has 0 aromatic heterocycles. The van der Waals surface area contributed by atoms with Crippen LogP contribution in [0.3, 0.4) is 0 Å². The number of halogens is 1. The first-order valence-corrected chi connectivity index (χ1v) is 10.9. The van der Waals surface area contributed by atoms with Crippen LogP contribution in [0.15, 0.2) is 29.2 Å². The Morgan fingerprint density at radius 1 is 1.21 bits per heavy atom. The summed E-state index contributed by atoms with van der Waals surface area (Å²) in [5, 5.41) is 3.10. The maximum absolute atomic E-state index is 12.8. The fraction of sp³-hybridized carbons (Fsp3) is 0.632. The summed E-state index contributed by atoms with van der Waals surface area (Å²) in [5.74, 6) is 0.404. The van der Waals surface area contributed by atoms with Gasteiger partial charge in [-0.1, -0.05) is 13.8 Å². The molecule has 160 valence electrons. The van der Waals surface area contributed by atoms with E-state index in [4.69, 9.17) is 10.5 Å². The van der Waals surface area contributed by atoms with Crippen molar-refractivity contribution < 1.29 is 17.9 Å². The van der Waals surface area contributed by atoms with E-state index in [1.54, 1.807) is 24.3 Å². The van der Waals surface area contributed by atoms with Crippen molar-refractivity contribution in [3.05, 3.63) is 24.3 Å². The molecule has 0 unspecified atom stereocenters. The van der Waals surface area contributed by atoms with Crippen LogP contribution in [0.2, 0.25) is 0 Å². The van der Waals surface area contributed by atoms with E-state index in [1.807, 2.05) is 13.8 Å². The summed E-state index contributed by atoms with van der Waals surface area (Å²) in [5.41, 5.74) is 5.49. The van der Waals surface area contributed by atoms with Gasteiger partial charge in [-0.05, 0) is 49.9 Å². The number of nitrogens with one attached hydrogen (secondary N) is 1. The smallest absolute Gasteiger partial charge is 0.243 e. The maximum atomic E-state index is 12.8. The molecule has 1 aromatic rings. The first kappa shape index (κ1) is 24.7. The normalized spacial score (nSPS) is 16.3. The maximum Gasteiger partial charge on any atom is 0.243 e. The number of hydrogen-bond donors (Lipinski definition) is 2. The number of nitrogens with two attached hydrogens (primary N) is 1. The van der Waals surface area contributed by atoms with Crippen LogP contribution < -0.4 is 15.8 Å². The molecule has 2 rings (SSSR count). The standard InChI is InChI=1S/C19H31N3O4S.ClH/c1-4-19(5-2,14-20)21-18(23)15-10-12-22(13-11-15)27(24,25)17-8-6-16(26-3)7-9-17;/h6-9,15H,4-5,10-14,20H2,1-3H3,(H,21,23);1H. The van der Waals surface area contributed by atoms with Crippen molar-refractivity contribution in [1.29, 1.82) is 0 Å². The Morgan fingerprint density at radius 3 is 2.18 bits per heavy atom. The van der Waals surface area contributed by atoms with E-state index in [2.05, 4.69) is 5.32 Å². The molecule has 7 nitrogen and oxygen atoms in total. The molecule has 1 saturated heterocycles. The highest BCUT2D eigenvalue weighted by Crippen LogP contribution is 2.26. The molecular formula is C19H32ClN3O4S. The van der Waals surface area contributed by atoms with Crippen molar-refractivity contribution >= 4 is 28.3 Å². The van der Waals surface area contributed by atoms with Crippen LogP contribution in [-0.2, 0) is 14.8 Å². The van der Waals surface area contributed by atoms with Gasteiger partial charge in [0.25, 0.3) is 0 Å². The minimum Gasteiger partial charge on any atom is -0.497 e. The van der Waals surface area contributed by atoms with Crippen molar-refractivity contribution in [1.82, 2.24) is 9.62 Å². The Bertz CT molecular complexity index is 720. The number of carbonyl (C=O) groups is 1. The highest BCUT2D eigenvalue weighted by molar-refractivity contribution is 7.89.